The summed E-state index contributed by atoms with van der Waals surface area (Å²) in [4.78, 5) is 28.5. The molecule has 26 heavy (non-hydrogen) atoms. The fourth-order valence-corrected chi connectivity index (χ4v) is 4.92. The van der Waals surface area contributed by atoms with Crippen LogP contribution in [0, 0.1) is 0 Å². The van der Waals surface area contributed by atoms with Gasteiger partial charge in [-0.05, 0) is 35.9 Å². The molecule has 0 bridgehead atoms. The molecule has 1 unspecified atom stereocenters. The van der Waals surface area contributed by atoms with Gasteiger partial charge in [-0.1, -0.05) is 43.5 Å². The lowest BCUT2D eigenvalue weighted by Crippen LogP contribution is -2.39. The minimum Gasteiger partial charge on any atom is -0.353 e. The molecular weight excluding hydrogens is 344 g/mol. The van der Waals surface area contributed by atoms with E-state index in [2.05, 4.69) is 5.32 Å². The largest absolute Gasteiger partial charge is 0.353 e. The van der Waals surface area contributed by atoms with Crippen LogP contribution in [0.2, 0.25) is 0 Å². The van der Waals surface area contributed by atoms with Crippen LogP contribution < -0.4 is 5.32 Å². The van der Waals surface area contributed by atoms with E-state index in [1.54, 1.807) is 11.3 Å². The van der Waals surface area contributed by atoms with Gasteiger partial charge in [-0.15, -0.1) is 11.3 Å². The molecule has 0 spiro atoms. The zero-order valence-electron chi connectivity index (χ0n) is 14.8. The summed E-state index contributed by atoms with van der Waals surface area (Å²) < 4.78 is 0. The fraction of sp³-hybridized carbons (Fsp3) is 0.429. The van der Waals surface area contributed by atoms with Crippen molar-refractivity contribution in [3.8, 4) is 0 Å². The quantitative estimate of drug-likeness (QED) is 0.856. The highest BCUT2D eigenvalue weighted by Gasteiger charge is 2.35. The van der Waals surface area contributed by atoms with Crippen LogP contribution >= 0.6 is 11.3 Å². The van der Waals surface area contributed by atoms with Crippen molar-refractivity contribution < 1.29 is 9.59 Å². The number of fused-ring (bicyclic) bond motifs is 1. The third-order valence-electron chi connectivity index (χ3n) is 5.45. The van der Waals surface area contributed by atoms with E-state index in [9.17, 15) is 9.59 Å². The van der Waals surface area contributed by atoms with E-state index in [0.717, 1.165) is 28.8 Å². The predicted molar refractivity (Wildman–Crippen MR) is 103 cm³/mol. The van der Waals surface area contributed by atoms with Gasteiger partial charge in [0, 0.05) is 23.0 Å². The van der Waals surface area contributed by atoms with Crippen molar-refractivity contribution in [2.45, 2.75) is 57.2 Å². The topological polar surface area (TPSA) is 49.4 Å². The van der Waals surface area contributed by atoms with Crippen molar-refractivity contribution in [2.24, 2.45) is 0 Å². The second kappa shape index (κ2) is 7.62. The zero-order chi connectivity index (χ0) is 17.9. The Bertz CT molecular complexity index is 781. The molecule has 2 aromatic rings. The zero-order valence-corrected chi connectivity index (χ0v) is 15.6. The molecule has 4 nitrogen and oxygen atoms in total. The van der Waals surface area contributed by atoms with Gasteiger partial charge in [-0.25, -0.2) is 0 Å². The van der Waals surface area contributed by atoms with Gasteiger partial charge in [0.1, 0.15) is 0 Å². The van der Waals surface area contributed by atoms with Crippen molar-refractivity contribution in [2.75, 3.05) is 0 Å². The van der Waals surface area contributed by atoms with Crippen molar-refractivity contribution in [3.63, 3.8) is 0 Å². The van der Waals surface area contributed by atoms with Crippen molar-refractivity contribution >= 4 is 23.2 Å². The SMILES string of the molecule is O=C(CC(c1cccs1)N1Cc2ccccc2C1=O)NC1CCCCC1. The highest BCUT2D eigenvalue weighted by atomic mass is 32.1. The molecule has 0 radical (unpaired) electrons. The Kier molecular flexibility index (Phi) is 5.07. The lowest BCUT2D eigenvalue weighted by molar-refractivity contribution is -0.123. The average Bonchev–Trinajstić information content (AvgIpc) is 3.30. The summed E-state index contributed by atoms with van der Waals surface area (Å²) in [5.41, 5.74) is 1.81. The molecule has 0 saturated heterocycles. The molecule has 2 amide bonds. The molecule has 1 atom stereocenters. The minimum absolute atomic E-state index is 0.0319. The summed E-state index contributed by atoms with van der Waals surface area (Å²) in [6.45, 7) is 0.578. The second-order valence-corrected chi connectivity index (χ2v) is 8.21. The Balaban J connectivity index is 1.51. The number of carbonyl (C=O) groups is 2. The van der Waals surface area contributed by atoms with Crippen molar-refractivity contribution in [1.82, 2.24) is 10.2 Å². The Hall–Kier alpha value is -2.14. The maximum Gasteiger partial charge on any atom is 0.255 e. The number of benzene rings is 1. The highest BCUT2D eigenvalue weighted by Crippen LogP contribution is 2.35. The summed E-state index contributed by atoms with van der Waals surface area (Å²) in [5.74, 6) is 0.0866. The number of thiophene rings is 1. The summed E-state index contributed by atoms with van der Waals surface area (Å²) in [5, 5.41) is 5.21. The van der Waals surface area contributed by atoms with Crippen LogP contribution in [0.4, 0.5) is 0 Å². The molecule has 2 heterocycles. The van der Waals surface area contributed by atoms with Gasteiger partial charge in [-0.3, -0.25) is 9.59 Å². The average molecular weight is 369 g/mol. The van der Waals surface area contributed by atoms with Crippen LogP contribution in [-0.2, 0) is 11.3 Å². The molecule has 1 fully saturated rings. The maximum atomic E-state index is 12.9. The third-order valence-corrected chi connectivity index (χ3v) is 6.42. The van der Waals surface area contributed by atoms with E-state index in [1.807, 2.05) is 46.7 Å². The van der Waals surface area contributed by atoms with Crippen molar-refractivity contribution in [1.29, 1.82) is 0 Å². The summed E-state index contributed by atoms with van der Waals surface area (Å²) in [6, 6.07) is 11.9. The number of amides is 2. The number of rotatable bonds is 5. The van der Waals surface area contributed by atoms with Crippen LogP contribution in [0.25, 0.3) is 0 Å². The summed E-state index contributed by atoms with van der Waals surface area (Å²) >= 11 is 1.61. The summed E-state index contributed by atoms with van der Waals surface area (Å²) in [6.07, 6.45) is 6.13. The molecule has 1 aromatic heterocycles. The monoisotopic (exact) mass is 368 g/mol. The van der Waals surface area contributed by atoms with Gasteiger partial charge in [0.25, 0.3) is 5.91 Å². The molecular formula is C21H24N2O2S. The standard InChI is InChI=1S/C21H24N2O2S/c24-20(22-16-8-2-1-3-9-16)13-18(19-11-6-12-26-19)23-14-15-7-4-5-10-17(15)21(23)25/h4-7,10-12,16,18H,1-3,8-9,13-14H2,(H,22,24). The minimum atomic E-state index is -0.196. The lowest BCUT2D eigenvalue weighted by Gasteiger charge is -2.28. The number of hydrogen-bond donors (Lipinski definition) is 1. The van der Waals surface area contributed by atoms with Crippen molar-refractivity contribution in [3.05, 3.63) is 57.8 Å². The molecule has 5 heteroatoms. The van der Waals surface area contributed by atoms with Crippen LogP contribution in [0.15, 0.2) is 41.8 Å². The number of hydrogen-bond acceptors (Lipinski definition) is 3. The van der Waals surface area contributed by atoms with E-state index in [1.165, 1.54) is 19.3 Å². The molecule has 1 aliphatic heterocycles. The number of carbonyl (C=O) groups excluding carboxylic acids is 2. The van der Waals surface area contributed by atoms with Gasteiger partial charge in [0.15, 0.2) is 0 Å². The van der Waals surface area contributed by atoms with Crippen LogP contribution in [0.3, 0.4) is 0 Å². The lowest BCUT2D eigenvalue weighted by atomic mass is 9.95. The van der Waals surface area contributed by atoms with Crippen LogP contribution in [0.5, 0.6) is 0 Å². The first-order valence-corrected chi connectivity index (χ1v) is 10.3. The summed E-state index contributed by atoms with van der Waals surface area (Å²) in [7, 11) is 0. The predicted octanol–water partition coefficient (Wildman–Crippen LogP) is 4.28. The third kappa shape index (κ3) is 3.54. The molecule has 4 rings (SSSR count). The first-order valence-electron chi connectivity index (χ1n) is 9.44. The Labute approximate surface area is 158 Å². The first-order chi connectivity index (χ1) is 12.7. The van der Waals surface area contributed by atoms with Gasteiger partial charge < -0.3 is 10.2 Å². The maximum absolute atomic E-state index is 12.9. The molecule has 2 aliphatic rings. The van der Waals surface area contributed by atoms with E-state index in [0.29, 0.717) is 19.0 Å². The molecule has 1 N–H and O–H groups in total. The Morgan fingerprint density at radius 3 is 2.69 bits per heavy atom. The second-order valence-electron chi connectivity index (χ2n) is 7.23. The van der Waals surface area contributed by atoms with E-state index in [-0.39, 0.29) is 17.9 Å². The smallest absolute Gasteiger partial charge is 0.255 e. The molecule has 1 saturated carbocycles. The molecule has 136 valence electrons. The Morgan fingerprint density at radius 2 is 1.96 bits per heavy atom. The number of nitrogens with one attached hydrogen (secondary N) is 1. The fourth-order valence-electron chi connectivity index (χ4n) is 4.08. The van der Waals surface area contributed by atoms with E-state index in [4.69, 9.17) is 0 Å². The Morgan fingerprint density at radius 1 is 1.15 bits per heavy atom. The van der Waals surface area contributed by atoms with Gasteiger partial charge in [0.05, 0.1) is 12.5 Å². The molecule has 1 aromatic carbocycles. The van der Waals surface area contributed by atoms with Gasteiger partial charge in [-0.2, -0.15) is 0 Å². The van der Waals surface area contributed by atoms with Gasteiger partial charge >= 0.3 is 0 Å². The molecule has 1 aliphatic carbocycles. The number of nitrogens with zero attached hydrogens (tertiary/aromatic N) is 1. The van der Waals surface area contributed by atoms with E-state index >= 15 is 0 Å². The normalized spacial score (nSPS) is 18.6. The highest BCUT2D eigenvalue weighted by molar-refractivity contribution is 7.10. The van der Waals surface area contributed by atoms with Crippen LogP contribution in [0.1, 0.15) is 65.4 Å². The first kappa shape index (κ1) is 17.3. The van der Waals surface area contributed by atoms with Gasteiger partial charge in [0.2, 0.25) is 5.91 Å². The van der Waals surface area contributed by atoms with Crippen LogP contribution in [-0.4, -0.2) is 22.8 Å². The van der Waals surface area contributed by atoms with E-state index < -0.39 is 0 Å².